The molecule has 3 heteroatoms. The van der Waals surface area contributed by atoms with Gasteiger partial charge in [0.05, 0.1) is 5.69 Å². The highest BCUT2D eigenvalue weighted by Crippen LogP contribution is 2.36. The fourth-order valence-electron chi connectivity index (χ4n) is 2.35. The second-order valence-corrected chi connectivity index (χ2v) is 4.45. The Bertz CT molecular complexity index is 649. The minimum atomic E-state index is -0.284. The summed E-state index contributed by atoms with van der Waals surface area (Å²) >= 11 is 0. The van der Waals surface area contributed by atoms with E-state index in [4.69, 9.17) is 4.74 Å². The van der Waals surface area contributed by atoms with Gasteiger partial charge in [-0.3, -0.25) is 4.98 Å². The number of allylic oxidation sites excluding steroid dienone is 1. The lowest BCUT2D eigenvalue weighted by atomic mass is 9.96. The van der Waals surface area contributed by atoms with Crippen molar-refractivity contribution in [2.24, 2.45) is 0 Å². The monoisotopic (exact) mass is 255 g/mol. The van der Waals surface area contributed by atoms with E-state index in [-0.39, 0.29) is 5.82 Å². The molecule has 0 atom stereocenters. The van der Waals surface area contributed by atoms with E-state index in [9.17, 15) is 4.39 Å². The van der Waals surface area contributed by atoms with Crippen molar-refractivity contribution in [3.05, 3.63) is 65.2 Å². The van der Waals surface area contributed by atoms with Gasteiger partial charge in [0.2, 0.25) is 0 Å². The quantitative estimate of drug-likeness (QED) is 0.769. The molecule has 1 aromatic heterocycles. The van der Waals surface area contributed by atoms with E-state index in [2.05, 4.69) is 18.0 Å². The van der Waals surface area contributed by atoms with Crippen LogP contribution in [0.2, 0.25) is 0 Å². The van der Waals surface area contributed by atoms with E-state index >= 15 is 0 Å². The van der Waals surface area contributed by atoms with Gasteiger partial charge in [0.1, 0.15) is 18.2 Å². The van der Waals surface area contributed by atoms with Crippen LogP contribution in [-0.2, 0) is 6.61 Å². The van der Waals surface area contributed by atoms with Gasteiger partial charge in [0, 0.05) is 23.4 Å². The Labute approximate surface area is 111 Å². The van der Waals surface area contributed by atoms with E-state index in [0.29, 0.717) is 12.4 Å². The second-order valence-electron chi connectivity index (χ2n) is 4.45. The summed E-state index contributed by atoms with van der Waals surface area (Å²) in [7, 11) is 0. The summed E-state index contributed by atoms with van der Waals surface area (Å²) in [6, 6.07) is 8.62. The molecule has 0 saturated heterocycles. The first-order chi connectivity index (χ1) is 9.29. The average molecular weight is 255 g/mol. The standard InChI is InChI=1S/C16H14FNO/c1-2-4-12-13-5-3-8-18-15(13)10-19-16-9-11(17)6-7-14(12)16/h3-9H,2,10H2,1H3/b12-4-. The predicted molar refractivity (Wildman–Crippen MR) is 72.3 cm³/mol. The summed E-state index contributed by atoms with van der Waals surface area (Å²) in [6.07, 6.45) is 4.79. The highest BCUT2D eigenvalue weighted by atomic mass is 19.1. The highest BCUT2D eigenvalue weighted by molar-refractivity contribution is 5.84. The zero-order valence-electron chi connectivity index (χ0n) is 10.7. The van der Waals surface area contributed by atoms with Crippen LogP contribution in [-0.4, -0.2) is 4.98 Å². The molecule has 2 nitrogen and oxygen atoms in total. The molecule has 0 saturated carbocycles. The Hall–Kier alpha value is -2.16. The molecule has 96 valence electrons. The van der Waals surface area contributed by atoms with Gasteiger partial charge in [-0.1, -0.05) is 19.1 Å². The van der Waals surface area contributed by atoms with Crippen LogP contribution in [0.3, 0.4) is 0 Å². The molecule has 0 bridgehead atoms. The van der Waals surface area contributed by atoms with Gasteiger partial charge in [0.25, 0.3) is 0 Å². The predicted octanol–water partition coefficient (Wildman–Crippen LogP) is 3.95. The minimum Gasteiger partial charge on any atom is -0.487 e. The van der Waals surface area contributed by atoms with Crippen LogP contribution in [0.4, 0.5) is 4.39 Å². The van der Waals surface area contributed by atoms with E-state index in [1.165, 1.54) is 12.1 Å². The van der Waals surface area contributed by atoms with Crippen molar-refractivity contribution in [1.82, 2.24) is 4.98 Å². The highest BCUT2D eigenvalue weighted by Gasteiger charge is 2.19. The first kappa shape index (κ1) is 11.9. The Kier molecular flexibility index (Phi) is 3.03. The second kappa shape index (κ2) is 4.84. The van der Waals surface area contributed by atoms with E-state index < -0.39 is 0 Å². The number of rotatable bonds is 1. The number of hydrogen-bond acceptors (Lipinski definition) is 2. The molecule has 0 fully saturated rings. The molecule has 0 N–H and O–H groups in total. The Morgan fingerprint density at radius 3 is 3.05 bits per heavy atom. The van der Waals surface area contributed by atoms with E-state index in [1.807, 2.05) is 12.1 Å². The number of nitrogens with zero attached hydrogens (tertiary/aromatic N) is 1. The van der Waals surface area contributed by atoms with Crippen molar-refractivity contribution >= 4 is 5.57 Å². The van der Waals surface area contributed by atoms with Crippen molar-refractivity contribution in [1.29, 1.82) is 0 Å². The van der Waals surface area contributed by atoms with Gasteiger partial charge in [-0.25, -0.2) is 4.39 Å². The Morgan fingerprint density at radius 1 is 1.32 bits per heavy atom. The summed E-state index contributed by atoms with van der Waals surface area (Å²) in [5.41, 5.74) is 3.95. The first-order valence-corrected chi connectivity index (χ1v) is 6.36. The van der Waals surface area contributed by atoms with Crippen LogP contribution in [0.25, 0.3) is 5.57 Å². The number of aromatic nitrogens is 1. The SMILES string of the molecule is CC/C=C1\c2ccc(F)cc2OCc2ncccc21. The van der Waals surface area contributed by atoms with Crippen molar-refractivity contribution < 1.29 is 9.13 Å². The molecule has 0 radical (unpaired) electrons. The summed E-state index contributed by atoms with van der Waals surface area (Å²) in [5.74, 6) is 0.297. The zero-order valence-corrected chi connectivity index (χ0v) is 10.7. The zero-order chi connectivity index (χ0) is 13.2. The largest absolute Gasteiger partial charge is 0.487 e. The number of benzene rings is 1. The topological polar surface area (TPSA) is 22.1 Å². The van der Waals surface area contributed by atoms with Crippen LogP contribution in [0.1, 0.15) is 30.2 Å². The van der Waals surface area contributed by atoms with Crippen LogP contribution < -0.4 is 4.74 Å². The average Bonchev–Trinajstić information content (AvgIpc) is 2.57. The molecule has 2 aromatic rings. The van der Waals surface area contributed by atoms with Crippen LogP contribution in [0, 0.1) is 5.82 Å². The maximum absolute atomic E-state index is 13.4. The Balaban J connectivity index is 2.24. The lowest BCUT2D eigenvalue weighted by Crippen LogP contribution is -1.98. The first-order valence-electron chi connectivity index (χ1n) is 6.36. The summed E-state index contributed by atoms with van der Waals surface area (Å²) in [5, 5.41) is 0. The number of ether oxygens (including phenoxy) is 1. The van der Waals surface area contributed by atoms with Crippen LogP contribution in [0.5, 0.6) is 5.75 Å². The molecular formula is C16H14FNO. The number of halogens is 1. The normalized spacial score (nSPS) is 15.4. The maximum atomic E-state index is 13.4. The van der Waals surface area contributed by atoms with Crippen molar-refractivity contribution in [2.45, 2.75) is 20.0 Å². The molecule has 0 aliphatic carbocycles. The summed E-state index contributed by atoms with van der Waals surface area (Å²) in [6.45, 7) is 2.45. The lowest BCUT2D eigenvalue weighted by Gasteiger charge is -2.09. The molecule has 3 rings (SSSR count). The van der Waals surface area contributed by atoms with Gasteiger partial charge in [0.15, 0.2) is 0 Å². The van der Waals surface area contributed by atoms with Gasteiger partial charge < -0.3 is 4.74 Å². The third-order valence-electron chi connectivity index (χ3n) is 3.19. The molecule has 2 heterocycles. The molecular weight excluding hydrogens is 241 g/mol. The summed E-state index contributed by atoms with van der Waals surface area (Å²) < 4.78 is 19.0. The molecule has 1 aliphatic heterocycles. The molecule has 0 spiro atoms. The van der Waals surface area contributed by atoms with Gasteiger partial charge in [-0.2, -0.15) is 0 Å². The van der Waals surface area contributed by atoms with Gasteiger partial charge in [-0.05, 0) is 30.2 Å². The van der Waals surface area contributed by atoms with Crippen molar-refractivity contribution in [3.8, 4) is 5.75 Å². The number of pyridine rings is 1. The third kappa shape index (κ3) is 2.12. The molecule has 1 aliphatic rings. The van der Waals surface area contributed by atoms with Gasteiger partial charge in [-0.15, -0.1) is 0 Å². The number of fused-ring (bicyclic) bond motifs is 2. The van der Waals surface area contributed by atoms with Crippen LogP contribution in [0.15, 0.2) is 42.6 Å². The van der Waals surface area contributed by atoms with Crippen molar-refractivity contribution in [2.75, 3.05) is 0 Å². The minimum absolute atomic E-state index is 0.284. The smallest absolute Gasteiger partial charge is 0.131 e. The van der Waals surface area contributed by atoms with Gasteiger partial charge >= 0.3 is 0 Å². The molecule has 1 aromatic carbocycles. The van der Waals surface area contributed by atoms with Crippen molar-refractivity contribution in [3.63, 3.8) is 0 Å². The Morgan fingerprint density at radius 2 is 2.21 bits per heavy atom. The van der Waals surface area contributed by atoms with Crippen LogP contribution >= 0.6 is 0 Å². The fourth-order valence-corrected chi connectivity index (χ4v) is 2.35. The molecule has 19 heavy (non-hydrogen) atoms. The molecule has 0 amide bonds. The summed E-state index contributed by atoms with van der Waals surface area (Å²) in [4.78, 5) is 4.36. The third-order valence-corrected chi connectivity index (χ3v) is 3.19. The molecule has 0 unspecified atom stereocenters. The maximum Gasteiger partial charge on any atom is 0.131 e. The fraction of sp³-hybridized carbons (Fsp3) is 0.188. The lowest BCUT2D eigenvalue weighted by molar-refractivity contribution is 0.301. The number of hydrogen-bond donors (Lipinski definition) is 0. The van der Waals surface area contributed by atoms with E-state index in [0.717, 1.165) is 28.8 Å². The van der Waals surface area contributed by atoms with E-state index in [1.54, 1.807) is 12.3 Å².